The molecule has 19 heavy (non-hydrogen) atoms. The van der Waals surface area contributed by atoms with Gasteiger partial charge in [-0.1, -0.05) is 18.2 Å². The molecular weight excluding hydrogens is 253 g/mol. The summed E-state index contributed by atoms with van der Waals surface area (Å²) in [4.78, 5) is 4.00. The van der Waals surface area contributed by atoms with E-state index in [2.05, 4.69) is 4.98 Å². The summed E-state index contributed by atoms with van der Waals surface area (Å²) in [7, 11) is 0. The molecule has 0 saturated carbocycles. The number of nitrogen functional groups attached to an aromatic ring is 1. The summed E-state index contributed by atoms with van der Waals surface area (Å²) in [5.41, 5.74) is 7.49. The summed E-state index contributed by atoms with van der Waals surface area (Å²) in [5, 5.41) is 0. The van der Waals surface area contributed by atoms with Crippen LogP contribution >= 0.6 is 0 Å². The molecule has 1 aromatic heterocycles. The van der Waals surface area contributed by atoms with Gasteiger partial charge in [0, 0.05) is 5.56 Å². The highest BCUT2D eigenvalue weighted by molar-refractivity contribution is 5.67. The lowest BCUT2D eigenvalue weighted by molar-refractivity contribution is -0.137. The molecule has 5 heteroatoms. The Bertz CT molecular complexity index is 619. The molecule has 1 aromatic carbocycles. The first-order valence-corrected chi connectivity index (χ1v) is 5.70. The van der Waals surface area contributed by atoms with Crippen LogP contribution in [0.4, 0.5) is 19.0 Å². The Morgan fingerprint density at radius 3 is 2.42 bits per heavy atom. The first-order valence-electron chi connectivity index (χ1n) is 5.70. The van der Waals surface area contributed by atoms with Crippen LogP contribution < -0.4 is 5.73 Å². The fraction of sp³-hybridized carbons (Fsp3) is 0.214. The van der Waals surface area contributed by atoms with E-state index in [0.717, 1.165) is 23.3 Å². The molecular formula is C14H13F3N2. The lowest BCUT2D eigenvalue weighted by Gasteiger charge is -2.12. The van der Waals surface area contributed by atoms with Crippen LogP contribution in [-0.2, 0) is 6.18 Å². The average Bonchev–Trinajstić information content (AvgIpc) is 2.31. The second-order valence-electron chi connectivity index (χ2n) is 4.41. The van der Waals surface area contributed by atoms with Crippen LogP contribution in [0.5, 0.6) is 0 Å². The largest absolute Gasteiger partial charge is 0.416 e. The molecule has 0 fully saturated rings. The predicted octanol–water partition coefficient (Wildman–Crippen LogP) is 3.97. The van der Waals surface area contributed by atoms with E-state index in [1.54, 1.807) is 12.1 Å². The standard InChI is InChI=1S/C14H13F3N2/c1-8-4-3-5-11(9(8)2)12-6-10(14(15,16)17)7-13(18)19-12/h3-7H,1-2H3,(H2,18,19). The number of pyridine rings is 1. The van der Waals surface area contributed by atoms with Gasteiger partial charge in [0.15, 0.2) is 0 Å². The van der Waals surface area contributed by atoms with Crippen molar-refractivity contribution in [1.82, 2.24) is 4.98 Å². The van der Waals surface area contributed by atoms with Crippen molar-refractivity contribution in [2.75, 3.05) is 5.73 Å². The Hall–Kier alpha value is -2.04. The summed E-state index contributed by atoms with van der Waals surface area (Å²) in [6.07, 6.45) is -4.43. The zero-order chi connectivity index (χ0) is 14.2. The summed E-state index contributed by atoms with van der Waals surface area (Å²) >= 11 is 0. The predicted molar refractivity (Wildman–Crippen MR) is 68.6 cm³/mol. The van der Waals surface area contributed by atoms with Crippen molar-refractivity contribution in [1.29, 1.82) is 0 Å². The topological polar surface area (TPSA) is 38.9 Å². The van der Waals surface area contributed by atoms with Gasteiger partial charge in [-0.2, -0.15) is 13.2 Å². The van der Waals surface area contributed by atoms with E-state index < -0.39 is 11.7 Å². The zero-order valence-corrected chi connectivity index (χ0v) is 10.5. The van der Waals surface area contributed by atoms with Gasteiger partial charge in [-0.3, -0.25) is 0 Å². The van der Waals surface area contributed by atoms with Gasteiger partial charge in [0.1, 0.15) is 5.82 Å². The van der Waals surface area contributed by atoms with Crippen molar-refractivity contribution in [3.63, 3.8) is 0 Å². The Labute approximate surface area is 109 Å². The Balaban J connectivity index is 2.63. The van der Waals surface area contributed by atoms with Crippen LogP contribution in [0.1, 0.15) is 16.7 Å². The number of nitrogens with two attached hydrogens (primary N) is 1. The van der Waals surface area contributed by atoms with Crippen LogP contribution in [0.25, 0.3) is 11.3 Å². The third-order valence-electron chi connectivity index (χ3n) is 3.05. The lowest BCUT2D eigenvalue weighted by atomic mass is 9.99. The molecule has 0 radical (unpaired) electrons. The quantitative estimate of drug-likeness (QED) is 0.848. The van der Waals surface area contributed by atoms with Crippen LogP contribution in [0.15, 0.2) is 30.3 Å². The number of hydrogen-bond donors (Lipinski definition) is 1. The van der Waals surface area contributed by atoms with Gasteiger partial charge >= 0.3 is 6.18 Å². The molecule has 2 N–H and O–H groups in total. The van der Waals surface area contributed by atoms with Crippen molar-refractivity contribution in [3.05, 3.63) is 47.0 Å². The number of hydrogen-bond acceptors (Lipinski definition) is 2. The van der Waals surface area contributed by atoms with Crippen LogP contribution in [0, 0.1) is 13.8 Å². The Morgan fingerprint density at radius 2 is 1.79 bits per heavy atom. The van der Waals surface area contributed by atoms with Crippen LogP contribution in [0.3, 0.4) is 0 Å². The zero-order valence-electron chi connectivity index (χ0n) is 10.5. The molecule has 0 bridgehead atoms. The number of aryl methyl sites for hydroxylation is 1. The molecule has 2 nitrogen and oxygen atoms in total. The summed E-state index contributed by atoms with van der Waals surface area (Å²) < 4.78 is 38.3. The monoisotopic (exact) mass is 266 g/mol. The van der Waals surface area contributed by atoms with Crippen molar-refractivity contribution < 1.29 is 13.2 Å². The number of halogens is 3. The van der Waals surface area contributed by atoms with Gasteiger partial charge in [-0.15, -0.1) is 0 Å². The first kappa shape index (κ1) is 13.4. The summed E-state index contributed by atoms with van der Waals surface area (Å²) in [5.74, 6) is -0.134. The average molecular weight is 266 g/mol. The molecule has 0 unspecified atom stereocenters. The van der Waals surface area contributed by atoms with Gasteiger partial charge < -0.3 is 5.73 Å². The van der Waals surface area contributed by atoms with Crippen molar-refractivity contribution >= 4 is 5.82 Å². The van der Waals surface area contributed by atoms with E-state index in [1.165, 1.54) is 0 Å². The smallest absolute Gasteiger partial charge is 0.384 e. The van der Waals surface area contributed by atoms with Gasteiger partial charge in [-0.05, 0) is 37.1 Å². The highest BCUT2D eigenvalue weighted by Crippen LogP contribution is 2.33. The second-order valence-corrected chi connectivity index (χ2v) is 4.41. The molecule has 2 rings (SSSR count). The maximum Gasteiger partial charge on any atom is 0.416 e. The number of anilines is 1. The molecule has 0 aliphatic carbocycles. The maximum atomic E-state index is 12.8. The van der Waals surface area contributed by atoms with Crippen molar-refractivity contribution in [2.24, 2.45) is 0 Å². The fourth-order valence-electron chi connectivity index (χ4n) is 1.88. The molecule has 100 valence electrons. The van der Waals surface area contributed by atoms with Gasteiger partial charge in [0.05, 0.1) is 11.3 Å². The van der Waals surface area contributed by atoms with E-state index in [4.69, 9.17) is 5.73 Å². The third kappa shape index (κ3) is 2.70. The fourth-order valence-corrected chi connectivity index (χ4v) is 1.88. The second kappa shape index (κ2) is 4.57. The maximum absolute atomic E-state index is 12.8. The van der Waals surface area contributed by atoms with Crippen LogP contribution in [0.2, 0.25) is 0 Å². The molecule has 0 spiro atoms. The summed E-state index contributed by atoms with van der Waals surface area (Å²) in [6.45, 7) is 3.75. The van der Waals surface area contributed by atoms with E-state index in [0.29, 0.717) is 5.56 Å². The molecule has 1 heterocycles. The van der Waals surface area contributed by atoms with Gasteiger partial charge in [0.25, 0.3) is 0 Å². The Morgan fingerprint density at radius 1 is 1.11 bits per heavy atom. The molecule has 0 amide bonds. The van der Waals surface area contributed by atoms with E-state index in [1.807, 2.05) is 19.9 Å². The number of aromatic nitrogens is 1. The van der Waals surface area contributed by atoms with Crippen molar-refractivity contribution in [3.8, 4) is 11.3 Å². The van der Waals surface area contributed by atoms with E-state index in [9.17, 15) is 13.2 Å². The van der Waals surface area contributed by atoms with Crippen LogP contribution in [-0.4, -0.2) is 4.98 Å². The van der Waals surface area contributed by atoms with Gasteiger partial charge in [0.2, 0.25) is 0 Å². The molecule has 0 atom stereocenters. The molecule has 0 aliphatic heterocycles. The third-order valence-corrected chi connectivity index (χ3v) is 3.05. The van der Waals surface area contributed by atoms with E-state index in [-0.39, 0.29) is 11.5 Å². The number of alkyl halides is 3. The summed E-state index contributed by atoms with van der Waals surface area (Å²) in [6, 6.07) is 7.29. The molecule has 0 aliphatic rings. The molecule has 2 aromatic rings. The minimum absolute atomic E-state index is 0.134. The van der Waals surface area contributed by atoms with E-state index >= 15 is 0 Å². The highest BCUT2D eigenvalue weighted by atomic mass is 19.4. The first-order chi connectivity index (χ1) is 8.79. The number of benzene rings is 1. The van der Waals surface area contributed by atoms with Gasteiger partial charge in [-0.25, -0.2) is 4.98 Å². The SMILES string of the molecule is Cc1cccc(-c2cc(C(F)(F)F)cc(N)n2)c1C. The normalized spacial score (nSPS) is 11.6. The lowest BCUT2D eigenvalue weighted by Crippen LogP contribution is -2.07. The number of rotatable bonds is 1. The minimum atomic E-state index is -4.43. The minimum Gasteiger partial charge on any atom is -0.384 e. The Kier molecular flexibility index (Phi) is 3.22. The number of nitrogens with zero attached hydrogens (tertiary/aromatic N) is 1. The highest BCUT2D eigenvalue weighted by Gasteiger charge is 2.31. The molecule has 0 saturated heterocycles. The van der Waals surface area contributed by atoms with Crippen molar-refractivity contribution in [2.45, 2.75) is 20.0 Å².